The van der Waals surface area contributed by atoms with Crippen molar-refractivity contribution < 1.29 is 4.79 Å². The van der Waals surface area contributed by atoms with Gasteiger partial charge in [0.2, 0.25) is 11.0 Å². The topological polar surface area (TPSA) is 66.9 Å². The van der Waals surface area contributed by atoms with Gasteiger partial charge in [0.05, 0.1) is 0 Å². The molecule has 1 aromatic heterocycles. The first-order valence-electron chi connectivity index (χ1n) is 9.11. The molecule has 3 aromatic rings. The second-order valence-corrected chi connectivity index (χ2v) is 9.28. The van der Waals surface area contributed by atoms with E-state index in [4.69, 9.17) is 0 Å². The van der Waals surface area contributed by atoms with E-state index in [1.165, 1.54) is 23.1 Å². The van der Waals surface area contributed by atoms with Crippen LogP contribution in [0, 0.1) is 13.8 Å². The van der Waals surface area contributed by atoms with E-state index in [9.17, 15) is 4.79 Å². The summed E-state index contributed by atoms with van der Waals surface area (Å²) in [5, 5.41) is 15.1. The van der Waals surface area contributed by atoms with Gasteiger partial charge < -0.3 is 10.6 Å². The average molecular weight is 413 g/mol. The fourth-order valence-corrected chi connectivity index (χ4v) is 4.91. The van der Waals surface area contributed by atoms with Gasteiger partial charge in [-0.15, -0.1) is 10.2 Å². The number of hydrogen-bond donors (Lipinski definition) is 2. The second-order valence-electron chi connectivity index (χ2n) is 6.95. The van der Waals surface area contributed by atoms with E-state index in [1.807, 2.05) is 56.3 Å². The molecular weight excluding hydrogens is 388 g/mol. The quantitative estimate of drug-likeness (QED) is 0.505. The zero-order valence-corrected chi connectivity index (χ0v) is 18.0. The fraction of sp³-hybridized carbons (Fsp3) is 0.286. The molecule has 0 aliphatic carbocycles. The van der Waals surface area contributed by atoms with Crippen LogP contribution in [0.15, 0.2) is 52.9 Å². The van der Waals surface area contributed by atoms with Crippen molar-refractivity contribution in [2.24, 2.45) is 0 Å². The van der Waals surface area contributed by atoms with E-state index in [0.29, 0.717) is 0 Å². The summed E-state index contributed by atoms with van der Waals surface area (Å²) >= 11 is 2.88. The first-order chi connectivity index (χ1) is 13.4. The maximum atomic E-state index is 13.1. The zero-order chi connectivity index (χ0) is 20.1. The lowest BCUT2D eigenvalue weighted by Crippen LogP contribution is -2.19. The van der Waals surface area contributed by atoms with Crippen LogP contribution in [0.1, 0.15) is 35.8 Å². The number of anilines is 2. The molecule has 1 heterocycles. The molecule has 28 heavy (non-hydrogen) atoms. The summed E-state index contributed by atoms with van der Waals surface area (Å²) in [5.74, 6) is -0.0743. The number of carbonyl (C=O) groups excluding carboxylic acids is 1. The number of benzene rings is 2. The number of amides is 1. The van der Waals surface area contributed by atoms with Crippen molar-refractivity contribution in [3.05, 3.63) is 65.2 Å². The standard InChI is InChI=1S/C21H24N4OS2/c1-13(2)22-20-24-25-21(28-20)27-18(16-8-6-5-7-9-16)19(26)23-17-11-14(3)10-15(4)12-17/h5-13,18H,1-4H3,(H,22,24)(H,23,26). The molecule has 0 fully saturated rings. The Morgan fingerprint density at radius 3 is 2.36 bits per heavy atom. The van der Waals surface area contributed by atoms with Crippen LogP contribution in [0.3, 0.4) is 0 Å². The molecule has 2 aromatic carbocycles. The van der Waals surface area contributed by atoms with E-state index < -0.39 is 5.25 Å². The maximum Gasteiger partial charge on any atom is 0.242 e. The monoisotopic (exact) mass is 412 g/mol. The van der Waals surface area contributed by atoms with Crippen molar-refractivity contribution in [2.75, 3.05) is 10.6 Å². The predicted octanol–water partition coefficient (Wildman–Crippen LogP) is 5.45. The van der Waals surface area contributed by atoms with Crippen LogP contribution < -0.4 is 10.6 Å². The number of rotatable bonds is 7. The van der Waals surface area contributed by atoms with Crippen LogP contribution in [0.5, 0.6) is 0 Å². The van der Waals surface area contributed by atoms with E-state index in [-0.39, 0.29) is 11.9 Å². The number of aromatic nitrogens is 2. The van der Waals surface area contributed by atoms with Crippen molar-refractivity contribution in [3.8, 4) is 0 Å². The number of nitrogens with one attached hydrogen (secondary N) is 2. The van der Waals surface area contributed by atoms with Gasteiger partial charge in [-0.1, -0.05) is 59.5 Å². The fourth-order valence-electron chi connectivity index (χ4n) is 2.82. The molecule has 3 rings (SSSR count). The molecule has 5 nitrogen and oxygen atoms in total. The third kappa shape index (κ3) is 5.56. The second kappa shape index (κ2) is 9.21. The highest BCUT2D eigenvalue weighted by Gasteiger charge is 2.24. The molecule has 7 heteroatoms. The van der Waals surface area contributed by atoms with E-state index in [0.717, 1.165) is 31.8 Å². The Hall–Kier alpha value is -2.38. The van der Waals surface area contributed by atoms with Crippen LogP contribution in [0.4, 0.5) is 10.8 Å². The minimum absolute atomic E-state index is 0.0743. The molecule has 0 radical (unpaired) electrons. The van der Waals surface area contributed by atoms with Gasteiger partial charge in [0.15, 0.2) is 4.34 Å². The van der Waals surface area contributed by atoms with Crippen LogP contribution in [-0.2, 0) is 4.79 Å². The van der Waals surface area contributed by atoms with Crippen molar-refractivity contribution in [1.29, 1.82) is 0 Å². The van der Waals surface area contributed by atoms with Gasteiger partial charge in [-0.25, -0.2) is 0 Å². The summed E-state index contributed by atoms with van der Waals surface area (Å²) in [6.07, 6.45) is 0. The van der Waals surface area contributed by atoms with E-state index in [1.54, 1.807) is 0 Å². The molecule has 2 N–H and O–H groups in total. The average Bonchev–Trinajstić information content (AvgIpc) is 3.05. The van der Waals surface area contributed by atoms with Crippen LogP contribution >= 0.6 is 23.1 Å². The highest BCUT2D eigenvalue weighted by Crippen LogP contribution is 2.38. The Bertz CT molecular complexity index is 920. The smallest absolute Gasteiger partial charge is 0.242 e. The molecule has 0 saturated heterocycles. The third-order valence-corrected chi connectivity index (χ3v) is 6.06. The summed E-state index contributed by atoms with van der Waals surface area (Å²) in [4.78, 5) is 13.1. The lowest BCUT2D eigenvalue weighted by molar-refractivity contribution is -0.115. The molecule has 1 atom stereocenters. The molecule has 1 amide bonds. The maximum absolute atomic E-state index is 13.1. The first-order valence-corrected chi connectivity index (χ1v) is 10.8. The largest absolute Gasteiger partial charge is 0.358 e. The number of thioether (sulfide) groups is 1. The molecule has 0 saturated carbocycles. The SMILES string of the molecule is Cc1cc(C)cc(NC(=O)C(Sc2nnc(NC(C)C)s2)c2ccccc2)c1. The third-order valence-electron chi connectivity index (χ3n) is 3.87. The summed E-state index contributed by atoms with van der Waals surface area (Å²) in [6.45, 7) is 8.16. The Balaban J connectivity index is 1.82. The number of aryl methyl sites for hydroxylation is 2. The van der Waals surface area contributed by atoms with Crippen LogP contribution in [-0.4, -0.2) is 22.1 Å². The highest BCUT2D eigenvalue weighted by molar-refractivity contribution is 8.02. The van der Waals surface area contributed by atoms with Crippen LogP contribution in [0.2, 0.25) is 0 Å². The highest BCUT2D eigenvalue weighted by atomic mass is 32.2. The summed E-state index contributed by atoms with van der Waals surface area (Å²) in [5.41, 5.74) is 3.98. The summed E-state index contributed by atoms with van der Waals surface area (Å²) in [6, 6.07) is 16.1. The van der Waals surface area contributed by atoms with Gasteiger partial charge in [-0.2, -0.15) is 0 Å². The molecule has 0 aliphatic rings. The zero-order valence-electron chi connectivity index (χ0n) is 16.4. The van der Waals surface area contributed by atoms with Crippen molar-refractivity contribution in [2.45, 2.75) is 43.3 Å². The minimum atomic E-state index is -0.415. The minimum Gasteiger partial charge on any atom is -0.358 e. The summed E-state index contributed by atoms with van der Waals surface area (Å²) < 4.78 is 0.757. The molecule has 0 aliphatic heterocycles. The van der Waals surface area contributed by atoms with Gasteiger partial charge in [0.1, 0.15) is 5.25 Å². The van der Waals surface area contributed by atoms with Gasteiger partial charge in [-0.05, 0) is 56.5 Å². The van der Waals surface area contributed by atoms with E-state index in [2.05, 4.69) is 40.7 Å². The number of nitrogens with zero attached hydrogens (tertiary/aromatic N) is 2. The Kier molecular flexibility index (Phi) is 6.70. The van der Waals surface area contributed by atoms with Gasteiger partial charge in [0.25, 0.3) is 0 Å². The lowest BCUT2D eigenvalue weighted by Gasteiger charge is -2.16. The van der Waals surface area contributed by atoms with Gasteiger partial charge in [0, 0.05) is 11.7 Å². The molecule has 0 bridgehead atoms. The summed E-state index contributed by atoms with van der Waals surface area (Å²) in [7, 11) is 0. The Labute approximate surface area is 174 Å². The first kappa shape index (κ1) is 20.4. The Morgan fingerprint density at radius 1 is 1.04 bits per heavy atom. The molecular formula is C21H24N4OS2. The molecule has 0 spiro atoms. The number of hydrogen-bond acceptors (Lipinski definition) is 6. The van der Waals surface area contributed by atoms with Gasteiger partial charge in [-0.3, -0.25) is 4.79 Å². The lowest BCUT2D eigenvalue weighted by atomic mass is 10.1. The van der Waals surface area contributed by atoms with Crippen molar-refractivity contribution in [3.63, 3.8) is 0 Å². The van der Waals surface area contributed by atoms with Gasteiger partial charge >= 0.3 is 0 Å². The molecule has 146 valence electrons. The molecule has 1 unspecified atom stereocenters. The van der Waals surface area contributed by atoms with Crippen molar-refractivity contribution in [1.82, 2.24) is 10.2 Å². The van der Waals surface area contributed by atoms with E-state index >= 15 is 0 Å². The predicted molar refractivity (Wildman–Crippen MR) is 118 cm³/mol. The Morgan fingerprint density at radius 2 is 1.71 bits per heavy atom. The number of carbonyl (C=O) groups is 1. The van der Waals surface area contributed by atoms with Crippen LogP contribution in [0.25, 0.3) is 0 Å². The normalized spacial score (nSPS) is 12.0. The van der Waals surface area contributed by atoms with Crippen molar-refractivity contribution >= 4 is 39.8 Å².